The summed E-state index contributed by atoms with van der Waals surface area (Å²) in [6.45, 7) is 2.53. The summed E-state index contributed by atoms with van der Waals surface area (Å²) in [5, 5.41) is 13.8. The molecule has 1 aliphatic rings. The molecule has 0 radical (unpaired) electrons. The van der Waals surface area contributed by atoms with Crippen LogP contribution in [0.5, 0.6) is 5.75 Å². The zero-order valence-electron chi connectivity index (χ0n) is 17.9. The molecular weight excluding hydrogens is 430 g/mol. The van der Waals surface area contributed by atoms with Gasteiger partial charge in [0.15, 0.2) is 5.16 Å². The predicted molar refractivity (Wildman–Crippen MR) is 125 cm³/mol. The molecule has 2 aromatic heterocycles. The summed E-state index contributed by atoms with van der Waals surface area (Å²) < 4.78 is 7.64. The van der Waals surface area contributed by atoms with E-state index in [4.69, 9.17) is 4.74 Å². The molecule has 3 aromatic rings. The first-order valence-corrected chi connectivity index (χ1v) is 12.3. The Morgan fingerprint density at radius 1 is 1.19 bits per heavy atom. The van der Waals surface area contributed by atoms with E-state index >= 15 is 0 Å². The van der Waals surface area contributed by atoms with E-state index in [-0.39, 0.29) is 5.91 Å². The zero-order chi connectivity index (χ0) is 21.6. The number of piperidine rings is 1. The Morgan fingerprint density at radius 2 is 2.00 bits per heavy atom. The van der Waals surface area contributed by atoms with Gasteiger partial charge in [-0.3, -0.25) is 9.36 Å². The fourth-order valence-electron chi connectivity index (χ4n) is 3.66. The smallest absolute Gasteiger partial charge is 0.233 e. The minimum atomic E-state index is 0.0605. The third-order valence-electron chi connectivity index (χ3n) is 5.33. The molecule has 0 atom stereocenters. The fourth-order valence-corrected chi connectivity index (χ4v) is 5.20. The van der Waals surface area contributed by atoms with Crippen LogP contribution in [0.3, 0.4) is 0 Å². The molecule has 0 spiro atoms. The second-order valence-corrected chi connectivity index (χ2v) is 9.23. The van der Waals surface area contributed by atoms with Crippen molar-refractivity contribution in [1.82, 2.24) is 19.7 Å². The van der Waals surface area contributed by atoms with E-state index in [1.807, 2.05) is 47.3 Å². The summed E-state index contributed by atoms with van der Waals surface area (Å²) in [5.74, 6) is 1.92. The third kappa shape index (κ3) is 5.04. The Bertz CT molecular complexity index is 999. The highest BCUT2D eigenvalue weighted by Gasteiger charge is 2.24. The van der Waals surface area contributed by atoms with Crippen LogP contribution >= 0.6 is 23.1 Å². The monoisotopic (exact) mass is 457 g/mol. The number of carbonyl (C=O) groups is 1. The van der Waals surface area contributed by atoms with Crippen molar-refractivity contribution in [3.05, 3.63) is 46.7 Å². The van der Waals surface area contributed by atoms with Gasteiger partial charge in [0.2, 0.25) is 11.9 Å². The summed E-state index contributed by atoms with van der Waals surface area (Å²) in [7, 11) is 3.50. The summed E-state index contributed by atoms with van der Waals surface area (Å²) in [6, 6.07) is 9.91. The molecule has 0 N–H and O–H groups in total. The van der Waals surface area contributed by atoms with Crippen molar-refractivity contribution in [2.75, 3.05) is 37.9 Å². The van der Waals surface area contributed by atoms with Crippen LogP contribution in [0.25, 0.3) is 5.69 Å². The van der Waals surface area contributed by atoms with Gasteiger partial charge in [0.25, 0.3) is 0 Å². The van der Waals surface area contributed by atoms with Crippen molar-refractivity contribution in [1.29, 1.82) is 0 Å². The van der Waals surface area contributed by atoms with Gasteiger partial charge in [-0.25, -0.2) is 0 Å². The van der Waals surface area contributed by atoms with Crippen LogP contribution in [-0.4, -0.2) is 58.6 Å². The van der Waals surface area contributed by atoms with Crippen molar-refractivity contribution >= 4 is 35.0 Å². The van der Waals surface area contributed by atoms with Crippen molar-refractivity contribution in [3.63, 3.8) is 0 Å². The molecule has 1 fully saturated rings. The highest BCUT2D eigenvalue weighted by atomic mass is 32.2. The van der Waals surface area contributed by atoms with Crippen LogP contribution < -0.4 is 9.64 Å². The van der Waals surface area contributed by atoms with Crippen LogP contribution in [0.2, 0.25) is 0 Å². The highest BCUT2D eigenvalue weighted by molar-refractivity contribution is 7.99. The molecule has 0 aliphatic carbocycles. The maximum atomic E-state index is 12.7. The molecule has 1 amide bonds. The minimum Gasteiger partial charge on any atom is -0.495 e. The first kappa shape index (κ1) is 21.7. The molecular formula is C22H27N5O2S2. The summed E-state index contributed by atoms with van der Waals surface area (Å²) in [6.07, 6.45) is 3.53. The average molecular weight is 458 g/mol. The number of benzene rings is 1. The van der Waals surface area contributed by atoms with Gasteiger partial charge in [0.05, 0.1) is 18.6 Å². The van der Waals surface area contributed by atoms with Crippen molar-refractivity contribution < 1.29 is 9.53 Å². The number of hydrogen-bond acceptors (Lipinski definition) is 7. The molecule has 1 aromatic carbocycles. The van der Waals surface area contributed by atoms with Gasteiger partial charge in [0, 0.05) is 26.7 Å². The molecule has 0 unspecified atom stereocenters. The van der Waals surface area contributed by atoms with E-state index < -0.39 is 0 Å². The van der Waals surface area contributed by atoms with Crippen LogP contribution in [0.15, 0.2) is 46.2 Å². The van der Waals surface area contributed by atoms with Crippen molar-refractivity contribution in [2.45, 2.75) is 31.0 Å². The minimum absolute atomic E-state index is 0.0605. The number of carbonyl (C=O) groups excluding carboxylic acids is 1. The largest absolute Gasteiger partial charge is 0.495 e. The standard InChI is InChI=1S/C22H27N5O2S2/c1-25(14-17-10-13-30-15-17)20(28)16-31-22-24-23-21(26-11-6-3-7-12-26)27(22)18-8-4-5-9-19(18)29-2/h4-5,8-10,13,15H,3,6-7,11-12,14,16H2,1-2H3. The summed E-state index contributed by atoms with van der Waals surface area (Å²) in [5.41, 5.74) is 2.03. The quantitative estimate of drug-likeness (QED) is 0.475. The van der Waals surface area contributed by atoms with E-state index in [1.54, 1.807) is 23.3 Å². The number of methoxy groups -OCH3 is 1. The third-order valence-corrected chi connectivity index (χ3v) is 6.98. The molecule has 7 nitrogen and oxygen atoms in total. The van der Waals surface area contributed by atoms with Crippen LogP contribution in [0, 0.1) is 0 Å². The number of amides is 1. The van der Waals surface area contributed by atoms with Crippen molar-refractivity contribution in [2.24, 2.45) is 0 Å². The molecule has 0 bridgehead atoms. The second-order valence-electron chi connectivity index (χ2n) is 7.51. The number of anilines is 1. The maximum absolute atomic E-state index is 12.7. The molecule has 9 heteroatoms. The summed E-state index contributed by atoms with van der Waals surface area (Å²) >= 11 is 3.05. The first-order valence-electron chi connectivity index (χ1n) is 10.4. The van der Waals surface area contributed by atoms with Gasteiger partial charge in [-0.15, -0.1) is 10.2 Å². The number of thiophene rings is 1. The maximum Gasteiger partial charge on any atom is 0.233 e. The van der Waals surface area contributed by atoms with Gasteiger partial charge in [-0.2, -0.15) is 11.3 Å². The van der Waals surface area contributed by atoms with E-state index in [1.165, 1.54) is 18.2 Å². The highest BCUT2D eigenvalue weighted by Crippen LogP contribution is 2.32. The Balaban J connectivity index is 1.57. The van der Waals surface area contributed by atoms with Gasteiger partial charge >= 0.3 is 0 Å². The normalized spacial score (nSPS) is 13.9. The predicted octanol–water partition coefficient (Wildman–Crippen LogP) is 4.08. The number of ether oxygens (including phenoxy) is 1. The number of rotatable bonds is 8. The SMILES string of the molecule is COc1ccccc1-n1c(SCC(=O)N(C)Cc2ccsc2)nnc1N1CCCCC1. The van der Waals surface area contributed by atoms with E-state index in [9.17, 15) is 4.79 Å². The number of para-hydroxylation sites is 2. The van der Waals surface area contributed by atoms with Gasteiger partial charge < -0.3 is 14.5 Å². The summed E-state index contributed by atoms with van der Waals surface area (Å²) in [4.78, 5) is 16.8. The van der Waals surface area contributed by atoms with E-state index in [0.29, 0.717) is 17.5 Å². The number of aromatic nitrogens is 3. The van der Waals surface area contributed by atoms with E-state index in [0.717, 1.165) is 48.9 Å². The number of hydrogen-bond donors (Lipinski definition) is 0. The fraction of sp³-hybridized carbons (Fsp3) is 0.409. The molecule has 0 saturated carbocycles. The van der Waals surface area contributed by atoms with E-state index in [2.05, 4.69) is 20.5 Å². The lowest BCUT2D eigenvalue weighted by molar-refractivity contribution is -0.127. The lowest BCUT2D eigenvalue weighted by Gasteiger charge is -2.28. The molecule has 4 rings (SSSR count). The number of nitrogens with zero attached hydrogens (tertiary/aromatic N) is 5. The Hall–Kier alpha value is -2.52. The lowest BCUT2D eigenvalue weighted by atomic mass is 10.1. The Kier molecular flexibility index (Phi) is 7.14. The zero-order valence-corrected chi connectivity index (χ0v) is 19.5. The molecule has 31 heavy (non-hydrogen) atoms. The molecule has 1 saturated heterocycles. The topological polar surface area (TPSA) is 63.5 Å². The molecule has 1 aliphatic heterocycles. The van der Waals surface area contributed by atoms with Gasteiger partial charge in [-0.1, -0.05) is 23.9 Å². The first-order chi connectivity index (χ1) is 15.2. The average Bonchev–Trinajstić information content (AvgIpc) is 3.47. The van der Waals surface area contributed by atoms with Gasteiger partial charge in [0.1, 0.15) is 5.75 Å². The molecule has 3 heterocycles. The Morgan fingerprint density at radius 3 is 2.74 bits per heavy atom. The lowest BCUT2D eigenvalue weighted by Crippen LogP contribution is -2.32. The second kappa shape index (κ2) is 10.2. The van der Waals surface area contributed by atoms with Crippen molar-refractivity contribution in [3.8, 4) is 11.4 Å². The van der Waals surface area contributed by atoms with Crippen LogP contribution in [0.4, 0.5) is 5.95 Å². The van der Waals surface area contributed by atoms with Crippen LogP contribution in [0.1, 0.15) is 24.8 Å². The molecule has 164 valence electrons. The van der Waals surface area contributed by atoms with Gasteiger partial charge in [-0.05, 0) is 53.8 Å². The van der Waals surface area contributed by atoms with Crippen LogP contribution in [-0.2, 0) is 11.3 Å². The number of thioether (sulfide) groups is 1. The Labute approximate surface area is 191 Å².